The third-order valence-electron chi connectivity index (χ3n) is 5.75. The quantitative estimate of drug-likeness (QED) is 0.833. The Bertz CT molecular complexity index is 710. The van der Waals surface area contributed by atoms with E-state index < -0.39 is 0 Å². The van der Waals surface area contributed by atoms with Gasteiger partial charge in [-0.1, -0.05) is 13.8 Å². The molecule has 0 spiro atoms. The summed E-state index contributed by atoms with van der Waals surface area (Å²) in [6.45, 7) is 10.2. The van der Waals surface area contributed by atoms with Crippen LogP contribution in [0.2, 0.25) is 0 Å². The molecule has 0 saturated carbocycles. The van der Waals surface area contributed by atoms with Crippen molar-refractivity contribution >= 4 is 5.82 Å². The van der Waals surface area contributed by atoms with Crippen LogP contribution in [-0.4, -0.2) is 57.1 Å². The van der Waals surface area contributed by atoms with Gasteiger partial charge in [-0.3, -0.25) is 0 Å². The molecule has 0 aromatic carbocycles. The van der Waals surface area contributed by atoms with Gasteiger partial charge in [-0.2, -0.15) is 0 Å². The molecule has 2 fully saturated rings. The number of likely N-dealkylation sites (tertiary alicyclic amines) is 1. The van der Waals surface area contributed by atoms with Gasteiger partial charge in [-0.05, 0) is 17.8 Å². The maximum atomic E-state index is 4.52. The van der Waals surface area contributed by atoms with Gasteiger partial charge in [0.15, 0.2) is 0 Å². The Morgan fingerprint density at radius 1 is 1.12 bits per heavy atom. The molecule has 25 heavy (non-hydrogen) atoms. The van der Waals surface area contributed by atoms with Crippen molar-refractivity contribution in [3.05, 3.63) is 36.3 Å². The van der Waals surface area contributed by atoms with Gasteiger partial charge in [0.05, 0.1) is 6.33 Å². The summed E-state index contributed by atoms with van der Waals surface area (Å²) < 4.78 is 2.13. The number of fused-ring (bicyclic) bond motifs is 1. The first-order chi connectivity index (χ1) is 12.1. The van der Waals surface area contributed by atoms with Crippen LogP contribution in [0.5, 0.6) is 0 Å². The zero-order valence-electron chi connectivity index (χ0n) is 15.5. The molecule has 6 nitrogen and oxygen atoms in total. The van der Waals surface area contributed by atoms with Crippen molar-refractivity contribution in [1.82, 2.24) is 24.4 Å². The lowest BCUT2D eigenvalue weighted by molar-refractivity contribution is 0.318. The predicted octanol–water partition coefficient (Wildman–Crippen LogP) is 1.94. The number of hydrogen-bond donors (Lipinski definition) is 0. The van der Waals surface area contributed by atoms with Crippen LogP contribution >= 0.6 is 0 Å². The fraction of sp³-hybridized carbons (Fsp3) is 0.632. The fourth-order valence-electron chi connectivity index (χ4n) is 4.21. The van der Waals surface area contributed by atoms with Crippen LogP contribution in [0.1, 0.15) is 31.2 Å². The summed E-state index contributed by atoms with van der Waals surface area (Å²) >= 11 is 0. The molecular formula is C19H28N6. The number of rotatable bonds is 5. The van der Waals surface area contributed by atoms with E-state index >= 15 is 0 Å². The Labute approximate surface area is 149 Å². The Morgan fingerprint density at radius 3 is 2.52 bits per heavy atom. The number of aromatic nitrogens is 4. The second-order valence-corrected chi connectivity index (χ2v) is 7.89. The summed E-state index contributed by atoms with van der Waals surface area (Å²) in [6.07, 6.45) is 6.68. The predicted molar refractivity (Wildman–Crippen MR) is 98.7 cm³/mol. The minimum atomic E-state index is 0.450. The maximum absolute atomic E-state index is 4.52. The van der Waals surface area contributed by atoms with Crippen LogP contribution in [-0.2, 0) is 13.5 Å². The highest BCUT2D eigenvalue weighted by Gasteiger charge is 2.40. The first kappa shape index (κ1) is 16.5. The molecular weight excluding hydrogens is 312 g/mol. The normalized spacial score (nSPS) is 23.6. The van der Waals surface area contributed by atoms with Crippen molar-refractivity contribution < 1.29 is 0 Å². The first-order valence-corrected chi connectivity index (χ1v) is 9.34. The fourth-order valence-corrected chi connectivity index (χ4v) is 4.21. The summed E-state index contributed by atoms with van der Waals surface area (Å²) in [5, 5.41) is 0. The molecule has 134 valence electrons. The highest BCUT2D eigenvalue weighted by atomic mass is 15.3. The largest absolute Gasteiger partial charge is 0.356 e. The van der Waals surface area contributed by atoms with Gasteiger partial charge in [0, 0.05) is 69.8 Å². The van der Waals surface area contributed by atoms with Crippen LogP contribution in [0.15, 0.2) is 24.9 Å². The van der Waals surface area contributed by atoms with E-state index in [1.807, 2.05) is 12.5 Å². The molecule has 4 rings (SSSR count). The van der Waals surface area contributed by atoms with E-state index in [2.05, 4.69) is 56.3 Å². The average molecular weight is 340 g/mol. The van der Waals surface area contributed by atoms with E-state index in [1.165, 1.54) is 18.8 Å². The van der Waals surface area contributed by atoms with Crippen LogP contribution < -0.4 is 4.90 Å². The van der Waals surface area contributed by atoms with E-state index in [4.69, 9.17) is 0 Å². The summed E-state index contributed by atoms with van der Waals surface area (Å²) in [7, 11) is 2.08. The second-order valence-electron chi connectivity index (χ2n) is 7.89. The minimum absolute atomic E-state index is 0.450. The van der Waals surface area contributed by atoms with Gasteiger partial charge in [0.1, 0.15) is 12.1 Å². The van der Waals surface area contributed by atoms with Crippen molar-refractivity contribution in [3.8, 4) is 0 Å². The number of aryl methyl sites for hydroxylation is 1. The number of imidazole rings is 1. The standard InChI is InChI=1S/C19H28N6/c1-14(2)18-6-19(22-12-21-18)25-10-15-8-24(9-16(15)11-25)5-4-17-7-20-13-23(17)3/h6-7,12-16H,4-5,8-11H2,1-3H3. The SMILES string of the molecule is CC(C)c1cc(N2CC3CN(CCc4cncn4C)CC3C2)ncn1. The van der Waals surface area contributed by atoms with Gasteiger partial charge in [0.25, 0.3) is 0 Å². The summed E-state index contributed by atoms with van der Waals surface area (Å²) in [5.74, 6) is 3.09. The number of nitrogens with zero attached hydrogens (tertiary/aromatic N) is 6. The molecule has 4 heterocycles. The molecule has 0 amide bonds. The average Bonchev–Trinajstić information content (AvgIpc) is 3.27. The molecule has 0 radical (unpaired) electrons. The Morgan fingerprint density at radius 2 is 1.88 bits per heavy atom. The van der Waals surface area contributed by atoms with E-state index in [9.17, 15) is 0 Å². The van der Waals surface area contributed by atoms with Crippen LogP contribution in [0, 0.1) is 11.8 Å². The molecule has 2 aliphatic rings. The summed E-state index contributed by atoms with van der Waals surface area (Å²) in [5.41, 5.74) is 2.46. The smallest absolute Gasteiger partial charge is 0.132 e. The molecule has 2 aromatic rings. The minimum Gasteiger partial charge on any atom is -0.356 e. The Hall–Kier alpha value is -1.95. The lowest BCUT2D eigenvalue weighted by Crippen LogP contribution is -2.30. The van der Waals surface area contributed by atoms with Crippen LogP contribution in [0.4, 0.5) is 5.82 Å². The van der Waals surface area contributed by atoms with E-state index in [0.29, 0.717) is 5.92 Å². The zero-order chi connectivity index (χ0) is 17.4. The van der Waals surface area contributed by atoms with E-state index in [0.717, 1.165) is 49.4 Å². The van der Waals surface area contributed by atoms with Gasteiger partial charge in [-0.25, -0.2) is 15.0 Å². The van der Waals surface area contributed by atoms with Gasteiger partial charge >= 0.3 is 0 Å². The Balaban J connectivity index is 1.33. The van der Waals surface area contributed by atoms with E-state index in [1.54, 1.807) is 6.33 Å². The topological polar surface area (TPSA) is 50.1 Å². The third kappa shape index (κ3) is 3.40. The molecule has 2 unspecified atom stereocenters. The van der Waals surface area contributed by atoms with Crippen molar-refractivity contribution in [3.63, 3.8) is 0 Å². The molecule has 2 saturated heterocycles. The second kappa shape index (κ2) is 6.75. The van der Waals surface area contributed by atoms with Crippen LogP contribution in [0.3, 0.4) is 0 Å². The molecule has 2 aromatic heterocycles. The van der Waals surface area contributed by atoms with Crippen molar-refractivity contribution in [2.24, 2.45) is 18.9 Å². The number of anilines is 1. The van der Waals surface area contributed by atoms with Gasteiger partial charge < -0.3 is 14.4 Å². The maximum Gasteiger partial charge on any atom is 0.132 e. The van der Waals surface area contributed by atoms with Gasteiger partial charge in [0.2, 0.25) is 0 Å². The monoisotopic (exact) mass is 340 g/mol. The number of hydrogen-bond acceptors (Lipinski definition) is 5. The summed E-state index contributed by atoms with van der Waals surface area (Å²) in [4.78, 5) is 18.2. The van der Waals surface area contributed by atoms with Crippen molar-refractivity contribution in [1.29, 1.82) is 0 Å². The van der Waals surface area contributed by atoms with Crippen molar-refractivity contribution in [2.45, 2.75) is 26.2 Å². The summed E-state index contributed by atoms with van der Waals surface area (Å²) in [6, 6.07) is 2.17. The molecule has 6 heteroatoms. The molecule has 2 atom stereocenters. The highest BCUT2D eigenvalue weighted by Crippen LogP contribution is 2.33. The van der Waals surface area contributed by atoms with Crippen molar-refractivity contribution in [2.75, 3.05) is 37.6 Å². The van der Waals surface area contributed by atoms with Gasteiger partial charge in [-0.15, -0.1) is 0 Å². The first-order valence-electron chi connectivity index (χ1n) is 9.34. The van der Waals surface area contributed by atoms with Crippen LogP contribution in [0.25, 0.3) is 0 Å². The lowest BCUT2D eigenvalue weighted by Gasteiger charge is -2.22. The third-order valence-corrected chi connectivity index (χ3v) is 5.75. The molecule has 0 N–H and O–H groups in total. The molecule has 0 aliphatic carbocycles. The van der Waals surface area contributed by atoms with E-state index in [-0.39, 0.29) is 0 Å². The molecule has 0 bridgehead atoms. The molecule has 2 aliphatic heterocycles. The lowest BCUT2D eigenvalue weighted by atomic mass is 10.0. The zero-order valence-corrected chi connectivity index (χ0v) is 15.5. The highest BCUT2D eigenvalue weighted by molar-refractivity contribution is 5.41. The Kier molecular flexibility index (Phi) is 4.46.